The molecule has 1 saturated heterocycles. The molecule has 1 atom stereocenters. The molecular formula is C13H14BrN3. The molecular weight excluding hydrogens is 278 g/mol. The van der Waals surface area contributed by atoms with Gasteiger partial charge in [-0.2, -0.15) is 0 Å². The first-order valence-corrected chi connectivity index (χ1v) is 6.66. The highest BCUT2D eigenvalue weighted by Gasteiger charge is 2.25. The Morgan fingerprint density at radius 2 is 2.24 bits per heavy atom. The fraction of sp³-hybridized carbons (Fsp3) is 0.385. The highest BCUT2D eigenvalue weighted by atomic mass is 79.9. The lowest BCUT2D eigenvalue weighted by Crippen LogP contribution is -2.18. The number of rotatable bonds is 1. The van der Waals surface area contributed by atoms with Crippen LogP contribution < -0.4 is 0 Å². The molecule has 4 heteroatoms. The van der Waals surface area contributed by atoms with Gasteiger partial charge >= 0.3 is 0 Å². The minimum atomic E-state index is 0.440. The first-order chi connectivity index (χ1) is 8.27. The van der Waals surface area contributed by atoms with E-state index in [2.05, 4.69) is 43.9 Å². The van der Waals surface area contributed by atoms with Crippen molar-refractivity contribution in [2.45, 2.75) is 18.9 Å². The molecule has 1 aliphatic rings. The molecule has 88 valence electrons. The monoisotopic (exact) mass is 291 g/mol. The zero-order valence-electron chi connectivity index (χ0n) is 9.73. The van der Waals surface area contributed by atoms with Gasteiger partial charge in [-0.25, -0.2) is 9.97 Å². The van der Waals surface area contributed by atoms with Crippen LogP contribution in [0.5, 0.6) is 0 Å². The molecule has 3 rings (SSSR count). The van der Waals surface area contributed by atoms with Gasteiger partial charge in [-0.15, -0.1) is 0 Å². The van der Waals surface area contributed by atoms with Gasteiger partial charge in [0.1, 0.15) is 6.33 Å². The summed E-state index contributed by atoms with van der Waals surface area (Å²) in [5.74, 6) is 0. The summed E-state index contributed by atoms with van der Waals surface area (Å²) < 4.78 is 1.04. The minimum absolute atomic E-state index is 0.440. The van der Waals surface area contributed by atoms with Crippen molar-refractivity contribution in [1.82, 2.24) is 14.9 Å². The summed E-state index contributed by atoms with van der Waals surface area (Å²) in [6.45, 7) is 1.16. The predicted octanol–water partition coefficient (Wildman–Crippen LogP) is 3.16. The van der Waals surface area contributed by atoms with E-state index in [9.17, 15) is 0 Å². The molecule has 2 aromatic rings. The van der Waals surface area contributed by atoms with Gasteiger partial charge in [-0.3, -0.25) is 4.90 Å². The van der Waals surface area contributed by atoms with Crippen LogP contribution in [0.15, 0.2) is 29.0 Å². The average Bonchev–Trinajstić information content (AvgIpc) is 2.75. The van der Waals surface area contributed by atoms with E-state index in [0.29, 0.717) is 6.04 Å². The van der Waals surface area contributed by atoms with Crippen LogP contribution in [0.1, 0.15) is 24.6 Å². The molecule has 0 spiro atoms. The summed E-state index contributed by atoms with van der Waals surface area (Å²) in [5.41, 5.74) is 2.18. The molecule has 0 saturated carbocycles. The molecule has 0 bridgehead atoms. The third kappa shape index (κ3) is 1.85. The fourth-order valence-corrected chi connectivity index (χ4v) is 3.06. The van der Waals surface area contributed by atoms with Crippen molar-refractivity contribution in [2.75, 3.05) is 13.6 Å². The number of benzene rings is 1. The molecule has 3 nitrogen and oxygen atoms in total. The largest absolute Gasteiger partial charge is 0.298 e. The number of aromatic nitrogens is 2. The standard InChI is InChI=1S/C13H14BrN3/c1-17-7-3-6-11(17)13-9-4-2-5-10(14)12(9)15-8-16-13/h2,4-5,8,11H,3,6-7H2,1H3. The van der Waals surface area contributed by atoms with E-state index in [0.717, 1.165) is 22.2 Å². The molecule has 1 fully saturated rings. The maximum atomic E-state index is 4.51. The quantitative estimate of drug-likeness (QED) is 0.808. The number of fused-ring (bicyclic) bond motifs is 1. The second kappa shape index (κ2) is 4.35. The first kappa shape index (κ1) is 11.1. The molecule has 1 aromatic carbocycles. The van der Waals surface area contributed by atoms with Crippen LogP contribution in [0.25, 0.3) is 10.9 Å². The van der Waals surface area contributed by atoms with Gasteiger partial charge in [0, 0.05) is 9.86 Å². The van der Waals surface area contributed by atoms with E-state index < -0.39 is 0 Å². The number of hydrogen-bond donors (Lipinski definition) is 0. The normalized spacial score (nSPS) is 21.2. The maximum absolute atomic E-state index is 4.51. The lowest BCUT2D eigenvalue weighted by molar-refractivity contribution is 0.313. The number of likely N-dealkylation sites (tertiary alicyclic amines) is 1. The van der Waals surface area contributed by atoms with Crippen molar-refractivity contribution >= 4 is 26.8 Å². The van der Waals surface area contributed by atoms with Crippen molar-refractivity contribution in [1.29, 1.82) is 0 Å². The SMILES string of the molecule is CN1CCCC1c1ncnc2c(Br)cccc12. The van der Waals surface area contributed by atoms with E-state index in [-0.39, 0.29) is 0 Å². The zero-order valence-corrected chi connectivity index (χ0v) is 11.3. The zero-order chi connectivity index (χ0) is 11.8. The molecule has 1 unspecified atom stereocenters. The van der Waals surface area contributed by atoms with Gasteiger partial charge in [0.25, 0.3) is 0 Å². The van der Waals surface area contributed by atoms with Crippen molar-refractivity contribution in [2.24, 2.45) is 0 Å². The van der Waals surface area contributed by atoms with Gasteiger partial charge in [0.2, 0.25) is 0 Å². The number of para-hydroxylation sites is 1. The van der Waals surface area contributed by atoms with Crippen molar-refractivity contribution in [3.05, 3.63) is 34.7 Å². The molecule has 2 heterocycles. The topological polar surface area (TPSA) is 29.0 Å². The number of hydrogen-bond acceptors (Lipinski definition) is 3. The van der Waals surface area contributed by atoms with Crippen LogP contribution in [0.3, 0.4) is 0 Å². The summed E-state index contributed by atoms with van der Waals surface area (Å²) in [4.78, 5) is 11.2. The van der Waals surface area contributed by atoms with Crippen molar-refractivity contribution in [3.63, 3.8) is 0 Å². The third-order valence-electron chi connectivity index (χ3n) is 3.48. The van der Waals surface area contributed by atoms with Crippen LogP contribution in [0.4, 0.5) is 0 Å². The number of nitrogens with zero attached hydrogens (tertiary/aromatic N) is 3. The second-order valence-corrected chi connectivity index (χ2v) is 5.39. The third-order valence-corrected chi connectivity index (χ3v) is 4.12. The second-order valence-electron chi connectivity index (χ2n) is 4.53. The van der Waals surface area contributed by atoms with Crippen molar-refractivity contribution < 1.29 is 0 Å². The van der Waals surface area contributed by atoms with Crippen LogP contribution in [-0.4, -0.2) is 28.5 Å². The maximum Gasteiger partial charge on any atom is 0.116 e. The molecule has 0 N–H and O–H groups in total. The van der Waals surface area contributed by atoms with E-state index in [1.807, 2.05) is 12.1 Å². The van der Waals surface area contributed by atoms with E-state index in [1.54, 1.807) is 6.33 Å². The average molecular weight is 292 g/mol. The van der Waals surface area contributed by atoms with Gasteiger partial charge in [0.15, 0.2) is 0 Å². The molecule has 1 aliphatic heterocycles. The molecule has 0 radical (unpaired) electrons. The van der Waals surface area contributed by atoms with Gasteiger partial charge < -0.3 is 0 Å². The highest BCUT2D eigenvalue weighted by Crippen LogP contribution is 2.34. The Bertz CT molecular complexity index is 555. The first-order valence-electron chi connectivity index (χ1n) is 5.87. The van der Waals surface area contributed by atoms with E-state index in [1.165, 1.54) is 18.2 Å². The van der Waals surface area contributed by atoms with Crippen LogP contribution >= 0.6 is 15.9 Å². The Kier molecular flexibility index (Phi) is 2.84. The lowest BCUT2D eigenvalue weighted by Gasteiger charge is -2.20. The highest BCUT2D eigenvalue weighted by molar-refractivity contribution is 9.10. The lowest BCUT2D eigenvalue weighted by atomic mass is 10.1. The number of halogens is 1. The Morgan fingerprint density at radius 1 is 1.35 bits per heavy atom. The molecule has 17 heavy (non-hydrogen) atoms. The molecule has 0 amide bonds. The Labute approximate surface area is 109 Å². The summed E-state index contributed by atoms with van der Waals surface area (Å²) in [7, 11) is 2.17. The summed E-state index contributed by atoms with van der Waals surface area (Å²) in [6.07, 6.45) is 4.12. The fourth-order valence-electron chi connectivity index (χ4n) is 2.59. The molecule has 1 aromatic heterocycles. The van der Waals surface area contributed by atoms with Crippen molar-refractivity contribution in [3.8, 4) is 0 Å². The Hall–Kier alpha value is -1.00. The van der Waals surface area contributed by atoms with E-state index >= 15 is 0 Å². The van der Waals surface area contributed by atoms with Gasteiger partial charge in [-0.1, -0.05) is 12.1 Å². The molecule has 0 aliphatic carbocycles. The summed E-state index contributed by atoms with van der Waals surface area (Å²) >= 11 is 3.55. The van der Waals surface area contributed by atoms with Crippen LogP contribution in [-0.2, 0) is 0 Å². The minimum Gasteiger partial charge on any atom is -0.298 e. The van der Waals surface area contributed by atoms with Crippen LogP contribution in [0.2, 0.25) is 0 Å². The van der Waals surface area contributed by atoms with E-state index in [4.69, 9.17) is 0 Å². The smallest absolute Gasteiger partial charge is 0.116 e. The predicted molar refractivity (Wildman–Crippen MR) is 71.8 cm³/mol. The van der Waals surface area contributed by atoms with Gasteiger partial charge in [0.05, 0.1) is 17.3 Å². The van der Waals surface area contributed by atoms with Crippen LogP contribution in [0, 0.1) is 0 Å². The Balaban J connectivity index is 2.19. The van der Waals surface area contributed by atoms with Gasteiger partial charge in [-0.05, 0) is 48.4 Å². The Morgan fingerprint density at radius 3 is 3.00 bits per heavy atom. The summed E-state index contributed by atoms with van der Waals surface area (Å²) in [6, 6.07) is 6.63. The summed E-state index contributed by atoms with van der Waals surface area (Å²) in [5, 5.41) is 1.17.